The number of rotatable bonds is 4. The van der Waals surface area contributed by atoms with Gasteiger partial charge in [-0.2, -0.15) is 0 Å². The van der Waals surface area contributed by atoms with E-state index in [0.29, 0.717) is 12.5 Å². The minimum Gasteiger partial charge on any atom is -0.341 e. The van der Waals surface area contributed by atoms with Crippen molar-refractivity contribution in [1.82, 2.24) is 9.80 Å². The van der Waals surface area contributed by atoms with E-state index < -0.39 is 6.04 Å². The fraction of sp³-hybridized carbons (Fsp3) is 0.571. The number of piperidine rings is 2. The van der Waals surface area contributed by atoms with Crippen LogP contribution in [0.15, 0.2) is 29.6 Å². The highest BCUT2D eigenvalue weighted by Gasteiger charge is 2.29. The molecular weight excluding hydrogens is 342 g/mol. The van der Waals surface area contributed by atoms with Crippen LogP contribution in [0.4, 0.5) is 0 Å². The predicted octanol–water partition coefficient (Wildman–Crippen LogP) is 3.25. The van der Waals surface area contributed by atoms with Crippen LogP contribution in [0, 0.1) is 0 Å². The molecule has 140 valence electrons. The molecule has 0 saturated carbocycles. The smallest absolute Gasteiger partial charge is 0.239 e. The Bertz CT molecular complexity index is 745. The van der Waals surface area contributed by atoms with Crippen molar-refractivity contribution in [3.8, 4) is 0 Å². The maximum Gasteiger partial charge on any atom is 0.239 e. The molecule has 3 heterocycles. The van der Waals surface area contributed by atoms with Crippen molar-refractivity contribution in [1.29, 1.82) is 0 Å². The molecule has 1 aromatic carbocycles. The second-order valence-electron chi connectivity index (χ2n) is 7.72. The molecule has 2 fully saturated rings. The van der Waals surface area contributed by atoms with Gasteiger partial charge in [0.15, 0.2) is 0 Å². The van der Waals surface area contributed by atoms with Crippen LogP contribution in [0.2, 0.25) is 0 Å². The number of fused-ring (bicyclic) bond motifs is 1. The molecule has 4 nitrogen and oxygen atoms in total. The Morgan fingerprint density at radius 2 is 1.85 bits per heavy atom. The minimum atomic E-state index is -0.431. The van der Waals surface area contributed by atoms with Crippen LogP contribution in [-0.2, 0) is 11.2 Å². The van der Waals surface area contributed by atoms with E-state index in [2.05, 4.69) is 34.5 Å². The van der Waals surface area contributed by atoms with Crippen LogP contribution >= 0.6 is 11.3 Å². The molecule has 0 aliphatic carbocycles. The Kier molecular flexibility index (Phi) is 5.57. The monoisotopic (exact) mass is 371 g/mol. The summed E-state index contributed by atoms with van der Waals surface area (Å²) in [5.74, 6) is 0.123. The lowest BCUT2D eigenvalue weighted by molar-refractivity contribution is -0.134. The van der Waals surface area contributed by atoms with Gasteiger partial charge < -0.3 is 15.5 Å². The van der Waals surface area contributed by atoms with Gasteiger partial charge in [-0.05, 0) is 67.6 Å². The third-order valence-electron chi connectivity index (χ3n) is 6.00. The number of hydrogen-bond acceptors (Lipinski definition) is 4. The summed E-state index contributed by atoms with van der Waals surface area (Å²) in [6.07, 6.45) is 6.87. The van der Waals surface area contributed by atoms with Gasteiger partial charge in [-0.25, -0.2) is 0 Å². The highest BCUT2D eigenvalue weighted by Crippen LogP contribution is 2.27. The van der Waals surface area contributed by atoms with Crippen molar-refractivity contribution < 1.29 is 4.79 Å². The van der Waals surface area contributed by atoms with Crippen LogP contribution in [0.3, 0.4) is 0 Å². The minimum absolute atomic E-state index is 0.123. The number of likely N-dealkylation sites (tertiary alicyclic amines) is 2. The van der Waals surface area contributed by atoms with E-state index in [1.54, 1.807) is 11.3 Å². The van der Waals surface area contributed by atoms with Gasteiger partial charge in [0.2, 0.25) is 5.91 Å². The predicted molar refractivity (Wildman–Crippen MR) is 109 cm³/mol. The zero-order valence-corrected chi connectivity index (χ0v) is 16.2. The molecule has 2 saturated heterocycles. The summed E-state index contributed by atoms with van der Waals surface area (Å²) in [4.78, 5) is 17.5. The number of amides is 1. The fourth-order valence-corrected chi connectivity index (χ4v) is 5.46. The summed E-state index contributed by atoms with van der Waals surface area (Å²) in [7, 11) is 0. The van der Waals surface area contributed by atoms with Crippen LogP contribution in [0.25, 0.3) is 10.1 Å². The lowest BCUT2D eigenvalue weighted by atomic mass is 9.98. The molecule has 1 unspecified atom stereocenters. The van der Waals surface area contributed by atoms with Gasteiger partial charge in [0.1, 0.15) is 0 Å². The Balaban J connectivity index is 1.33. The number of thiophene rings is 1. The van der Waals surface area contributed by atoms with Crippen molar-refractivity contribution in [2.45, 2.75) is 50.6 Å². The molecule has 0 bridgehead atoms. The van der Waals surface area contributed by atoms with Gasteiger partial charge in [0.05, 0.1) is 6.04 Å². The number of nitrogens with zero attached hydrogens (tertiary/aromatic N) is 2. The normalized spacial score (nSPS) is 21.2. The van der Waals surface area contributed by atoms with E-state index in [-0.39, 0.29) is 5.91 Å². The number of carbonyl (C=O) groups is 1. The van der Waals surface area contributed by atoms with Crippen LogP contribution in [0.5, 0.6) is 0 Å². The summed E-state index contributed by atoms with van der Waals surface area (Å²) < 4.78 is 1.27. The average molecular weight is 372 g/mol. The Hall–Kier alpha value is -1.43. The highest BCUT2D eigenvalue weighted by molar-refractivity contribution is 7.17. The van der Waals surface area contributed by atoms with E-state index in [0.717, 1.165) is 25.9 Å². The van der Waals surface area contributed by atoms with E-state index in [1.165, 1.54) is 48.0 Å². The Morgan fingerprint density at radius 1 is 1.12 bits per heavy atom. The number of nitrogens with two attached hydrogens (primary N) is 1. The molecule has 2 aliphatic rings. The van der Waals surface area contributed by atoms with E-state index in [9.17, 15) is 4.79 Å². The first-order valence-electron chi connectivity index (χ1n) is 9.96. The van der Waals surface area contributed by atoms with Crippen LogP contribution in [-0.4, -0.2) is 54.0 Å². The third-order valence-corrected chi connectivity index (χ3v) is 7.01. The number of benzene rings is 1. The summed E-state index contributed by atoms with van der Waals surface area (Å²) in [6, 6.07) is 8.60. The molecule has 2 N–H and O–H groups in total. The van der Waals surface area contributed by atoms with Crippen molar-refractivity contribution in [3.63, 3.8) is 0 Å². The SMILES string of the molecule is NC(Cc1csc2ccccc12)C(=O)N1CCC(N2CCCCC2)CC1. The lowest BCUT2D eigenvalue weighted by Gasteiger charge is -2.40. The number of carbonyl (C=O) groups excluding carboxylic acids is 1. The van der Waals surface area contributed by atoms with Crippen molar-refractivity contribution >= 4 is 27.3 Å². The van der Waals surface area contributed by atoms with Crippen LogP contribution in [0.1, 0.15) is 37.7 Å². The first-order valence-corrected chi connectivity index (χ1v) is 10.8. The topological polar surface area (TPSA) is 49.6 Å². The van der Waals surface area contributed by atoms with Crippen molar-refractivity contribution in [3.05, 3.63) is 35.2 Å². The van der Waals surface area contributed by atoms with Gasteiger partial charge in [0.25, 0.3) is 0 Å². The molecule has 1 amide bonds. The molecule has 1 atom stereocenters. The summed E-state index contributed by atoms with van der Waals surface area (Å²) >= 11 is 1.73. The molecule has 4 rings (SSSR count). The van der Waals surface area contributed by atoms with E-state index >= 15 is 0 Å². The van der Waals surface area contributed by atoms with E-state index in [4.69, 9.17) is 5.73 Å². The lowest BCUT2D eigenvalue weighted by Crippen LogP contribution is -2.52. The maximum absolute atomic E-state index is 12.8. The Labute approximate surface area is 160 Å². The molecule has 5 heteroatoms. The molecule has 2 aliphatic heterocycles. The second kappa shape index (κ2) is 8.07. The molecule has 1 aromatic heterocycles. The van der Waals surface area contributed by atoms with Crippen LogP contribution < -0.4 is 5.73 Å². The Morgan fingerprint density at radius 3 is 2.62 bits per heavy atom. The molecule has 0 radical (unpaired) electrons. The standard InChI is InChI=1S/C21H29N3OS/c22-19(14-16-15-26-20-7-3-2-6-18(16)20)21(25)24-12-8-17(9-13-24)23-10-4-1-5-11-23/h2-3,6-7,15,17,19H,1,4-5,8-14,22H2. The summed E-state index contributed by atoms with van der Waals surface area (Å²) in [5.41, 5.74) is 7.51. The second-order valence-corrected chi connectivity index (χ2v) is 8.63. The zero-order chi connectivity index (χ0) is 17.9. The van der Waals surface area contributed by atoms with Gasteiger partial charge in [0, 0.05) is 23.8 Å². The molecule has 0 spiro atoms. The van der Waals surface area contributed by atoms with Crippen molar-refractivity contribution in [2.75, 3.05) is 26.2 Å². The highest BCUT2D eigenvalue weighted by atomic mass is 32.1. The summed E-state index contributed by atoms with van der Waals surface area (Å²) in [6.45, 7) is 4.20. The fourth-order valence-electron chi connectivity index (χ4n) is 4.48. The van der Waals surface area contributed by atoms with Gasteiger partial charge >= 0.3 is 0 Å². The molecule has 2 aromatic rings. The zero-order valence-electron chi connectivity index (χ0n) is 15.4. The molecule has 26 heavy (non-hydrogen) atoms. The average Bonchev–Trinajstić information content (AvgIpc) is 3.11. The van der Waals surface area contributed by atoms with E-state index in [1.807, 2.05) is 4.90 Å². The molecular formula is C21H29N3OS. The first-order chi connectivity index (χ1) is 12.7. The maximum atomic E-state index is 12.8. The first kappa shape index (κ1) is 18.0. The summed E-state index contributed by atoms with van der Waals surface area (Å²) in [5, 5.41) is 3.39. The van der Waals surface area contributed by atoms with Gasteiger partial charge in [-0.15, -0.1) is 11.3 Å². The van der Waals surface area contributed by atoms with Crippen molar-refractivity contribution in [2.24, 2.45) is 5.73 Å². The third kappa shape index (κ3) is 3.80. The quantitative estimate of drug-likeness (QED) is 0.897. The van der Waals surface area contributed by atoms with Gasteiger partial charge in [-0.1, -0.05) is 24.6 Å². The van der Waals surface area contributed by atoms with Gasteiger partial charge in [-0.3, -0.25) is 4.79 Å². The number of hydrogen-bond donors (Lipinski definition) is 1. The largest absolute Gasteiger partial charge is 0.341 e.